The number of hydrogen-bond donors (Lipinski definition) is 0. The van der Waals surface area contributed by atoms with Crippen LogP contribution in [0.5, 0.6) is 0 Å². The molecule has 0 fully saturated rings. The molecule has 0 N–H and O–H groups in total. The molecule has 0 aliphatic rings. The number of esters is 4. The van der Waals surface area contributed by atoms with Gasteiger partial charge in [0.15, 0.2) is 0 Å². The van der Waals surface area contributed by atoms with Crippen LogP contribution in [-0.4, -0.2) is 149 Å². The van der Waals surface area contributed by atoms with E-state index in [1.807, 2.05) is 0 Å². The van der Waals surface area contributed by atoms with Crippen molar-refractivity contribution in [1.29, 1.82) is 0 Å². The van der Waals surface area contributed by atoms with E-state index in [4.69, 9.17) is 18.9 Å². The molecular formula is C74H146N4O8. The molecule has 0 spiro atoms. The van der Waals surface area contributed by atoms with Gasteiger partial charge in [0.1, 0.15) is 0 Å². The molecule has 0 saturated carbocycles. The first-order valence-corrected chi connectivity index (χ1v) is 37.6. The molecule has 0 saturated heterocycles. The number of nitrogens with zero attached hydrogens (tertiary/aromatic N) is 4. The number of unbranched alkanes of at least 4 members (excludes halogenated alkanes) is 42. The molecule has 0 rings (SSSR count). The summed E-state index contributed by atoms with van der Waals surface area (Å²) in [6, 6.07) is 0. The Morgan fingerprint density at radius 3 is 0.535 bits per heavy atom. The third-order valence-electron chi connectivity index (χ3n) is 17.5. The first kappa shape index (κ1) is 83.7. The van der Waals surface area contributed by atoms with Gasteiger partial charge in [-0.15, -0.1) is 0 Å². The Morgan fingerprint density at radius 2 is 0.360 bits per heavy atom. The minimum Gasteiger partial charge on any atom is -0.466 e. The van der Waals surface area contributed by atoms with Crippen LogP contribution < -0.4 is 0 Å². The highest BCUT2D eigenvalue weighted by Crippen LogP contribution is 2.16. The van der Waals surface area contributed by atoms with Crippen molar-refractivity contribution in [2.75, 3.05) is 106 Å². The van der Waals surface area contributed by atoms with Gasteiger partial charge in [-0.3, -0.25) is 19.2 Å². The van der Waals surface area contributed by atoms with Crippen LogP contribution in [0.4, 0.5) is 0 Å². The lowest BCUT2D eigenvalue weighted by molar-refractivity contribution is -0.146. The van der Waals surface area contributed by atoms with E-state index in [2.05, 4.69) is 61.4 Å². The van der Waals surface area contributed by atoms with Crippen molar-refractivity contribution in [2.24, 2.45) is 0 Å². The number of carbonyl (C=O) groups is 4. The molecule has 86 heavy (non-hydrogen) atoms. The van der Waals surface area contributed by atoms with E-state index in [-0.39, 0.29) is 23.9 Å². The second-order valence-corrected chi connectivity index (χ2v) is 26.0. The first-order chi connectivity index (χ1) is 42.1. The second-order valence-electron chi connectivity index (χ2n) is 26.0. The molecule has 12 heteroatoms. The third-order valence-corrected chi connectivity index (χ3v) is 17.5. The lowest BCUT2D eigenvalue weighted by Crippen LogP contribution is -2.40. The van der Waals surface area contributed by atoms with Gasteiger partial charge in [0.25, 0.3) is 0 Å². The van der Waals surface area contributed by atoms with Gasteiger partial charge in [-0.1, -0.05) is 297 Å². The molecule has 0 atom stereocenters. The standard InChI is InChI=1S/C74H146N4O8/c1-7-11-15-19-23-27-31-35-39-43-47-51-69-85-73(81)55-59-78(60-56-74(82)86-70-52-48-44-40-36-32-28-24-20-16-12-8-2)66-64-76(6)62-61-75(5)63-65-77(57-53-71(79)83-67-49-45-41-37-33-29-25-21-17-13-9-3)58-54-72(80)84-68-50-46-42-38-34-30-26-22-18-14-10-4/h7-70H2,1-6H3. The van der Waals surface area contributed by atoms with Crippen molar-refractivity contribution >= 4 is 23.9 Å². The summed E-state index contributed by atoms with van der Waals surface area (Å²) in [5.41, 5.74) is 0. The smallest absolute Gasteiger partial charge is 0.307 e. The maximum atomic E-state index is 13.0. The average Bonchev–Trinajstić information content (AvgIpc) is 3.54. The SMILES string of the molecule is CCCCCCCCCCCCCCOC(=O)CCN(CCC(=O)OCCCCCCCCCCCCCC)CCN(C)CCN(C)CCN(CCC(=O)OCCCCCCCCCCCCC)CCC(=O)OCCCCCCCCCCCCC. The molecule has 0 radical (unpaired) electrons. The predicted molar refractivity (Wildman–Crippen MR) is 365 cm³/mol. The highest BCUT2D eigenvalue weighted by atomic mass is 16.5. The molecule has 0 aromatic rings. The highest BCUT2D eigenvalue weighted by Gasteiger charge is 2.16. The summed E-state index contributed by atoms with van der Waals surface area (Å²) in [5.74, 6) is -0.652. The minimum atomic E-state index is -0.163. The van der Waals surface area contributed by atoms with Gasteiger partial charge in [-0.2, -0.15) is 0 Å². The lowest BCUT2D eigenvalue weighted by atomic mass is 10.1. The van der Waals surface area contributed by atoms with Crippen molar-refractivity contribution in [1.82, 2.24) is 19.6 Å². The Bertz CT molecular complexity index is 1350. The molecule has 0 amide bonds. The van der Waals surface area contributed by atoms with Crippen molar-refractivity contribution in [3.8, 4) is 0 Å². The molecule has 0 aromatic carbocycles. The highest BCUT2D eigenvalue weighted by molar-refractivity contribution is 5.71. The summed E-state index contributed by atoms with van der Waals surface area (Å²) in [5, 5.41) is 0. The van der Waals surface area contributed by atoms with Crippen molar-refractivity contribution in [2.45, 2.75) is 349 Å². The van der Waals surface area contributed by atoms with E-state index in [0.29, 0.717) is 78.3 Å². The number of hydrogen-bond acceptors (Lipinski definition) is 12. The summed E-state index contributed by atoms with van der Waals surface area (Å²) in [4.78, 5) is 60.8. The molecule has 510 valence electrons. The van der Waals surface area contributed by atoms with Crippen LogP contribution in [0.3, 0.4) is 0 Å². The number of carbonyl (C=O) groups excluding carboxylic acids is 4. The summed E-state index contributed by atoms with van der Waals surface area (Å²) < 4.78 is 22.8. The Hall–Kier alpha value is -2.28. The van der Waals surface area contributed by atoms with Gasteiger partial charge in [-0.05, 0) is 39.8 Å². The van der Waals surface area contributed by atoms with Crippen LogP contribution in [0.25, 0.3) is 0 Å². The summed E-state index contributed by atoms with van der Waals surface area (Å²) in [6.07, 6.45) is 59.5. The van der Waals surface area contributed by atoms with Gasteiger partial charge < -0.3 is 38.5 Å². The summed E-state index contributed by atoms with van der Waals surface area (Å²) in [7, 11) is 4.27. The fourth-order valence-electron chi connectivity index (χ4n) is 11.3. The van der Waals surface area contributed by atoms with Crippen LogP contribution in [-0.2, 0) is 38.1 Å². The molecule has 0 aromatic heterocycles. The van der Waals surface area contributed by atoms with E-state index in [0.717, 1.165) is 90.6 Å². The van der Waals surface area contributed by atoms with Gasteiger partial charge in [-0.25, -0.2) is 0 Å². The normalized spacial score (nSPS) is 11.7. The van der Waals surface area contributed by atoms with Crippen molar-refractivity contribution in [3.05, 3.63) is 0 Å². The van der Waals surface area contributed by atoms with Gasteiger partial charge in [0.2, 0.25) is 0 Å². The maximum absolute atomic E-state index is 13.0. The minimum absolute atomic E-state index is 0.162. The van der Waals surface area contributed by atoms with Gasteiger partial charge in [0, 0.05) is 65.4 Å². The Kier molecular flexibility index (Phi) is 66.8. The molecular weight excluding hydrogens is 1070 g/mol. The molecule has 0 heterocycles. The summed E-state index contributed by atoms with van der Waals surface area (Å²) in [6.45, 7) is 17.9. The zero-order valence-corrected chi connectivity index (χ0v) is 58.3. The van der Waals surface area contributed by atoms with E-state index in [9.17, 15) is 19.2 Å². The Labute approximate surface area is 534 Å². The van der Waals surface area contributed by atoms with E-state index >= 15 is 0 Å². The van der Waals surface area contributed by atoms with Crippen LogP contribution in [0, 0.1) is 0 Å². The molecule has 0 unspecified atom stereocenters. The van der Waals surface area contributed by atoms with E-state index in [1.165, 1.54) is 244 Å². The number of likely N-dealkylation sites (N-methyl/N-ethyl adjacent to an activating group) is 2. The molecule has 0 aliphatic heterocycles. The molecule has 0 bridgehead atoms. The maximum Gasteiger partial charge on any atom is 0.307 e. The second kappa shape index (κ2) is 68.6. The quantitative estimate of drug-likeness (QED) is 0.0328. The van der Waals surface area contributed by atoms with Crippen molar-refractivity contribution in [3.63, 3.8) is 0 Å². The number of ether oxygens (including phenoxy) is 4. The zero-order chi connectivity index (χ0) is 62.7. The number of rotatable bonds is 71. The van der Waals surface area contributed by atoms with E-state index < -0.39 is 0 Å². The van der Waals surface area contributed by atoms with Gasteiger partial charge in [0.05, 0.1) is 52.1 Å². The first-order valence-electron chi connectivity index (χ1n) is 37.6. The average molecular weight is 1220 g/mol. The predicted octanol–water partition coefficient (Wildman–Crippen LogP) is 19.2. The van der Waals surface area contributed by atoms with Crippen molar-refractivity contribution < 1.29 is 38.1 Å². The monoisotopic (exact) mass is 1220 g/mol. The largest absolute Gasteiger partial charge is 0.466 e. The molecule has 12 nitrogen and oxygen atoms in total. The topological polar surface area (TPSA) is 118 Å². The zero-order valence-electron chi connectivity index (χ0n) is 58.3. The lowest BCUT2D eigenvalue weighted by Gasteiger charge is -2.28. The van der Waals surface area contributed by atoms with Crippen LogP contribution in [0.15, 0.2) is 0 Å². The van der Waals surface area contributed by atoms with Crippen LogP contribution >= 0.6 is 0 Å². The summed E-state index contributed by atoms with van der Waals surface area (Å²) >= 11 is 0. The fourth-order valence-corrected chi connectivity index (χ4v) is 11.3. The third kappa shape index (κ3) is 64.7. The van der Waals surface area contributed by atoms with E-state index in [1.54, 1.807) is 0 Å². The Morgan fingerprint density at radius 1 is 0.209 bits per heavy atom. The van der Waals surface area contributed by atoms with Crippen LogP contribution in [0.2, 0.25) is 0 Å². The fraction of sp³-hybridized carbons (Fsp3) is 0.946. The van der Waals surface area contributed by atoms with Gasteiger partial charge >= 0.3 is 23.9 Å². The Balaban J connectivity index is 5.11. The van der Waals surface area contributed by atoms with Crippen LogP contribution in [0.1, 0.15) is 349 Å². The molecule has 0 aliphatic carbocycles.